The Hall–Kier alpha value is -3.98. The fourth-order valence-corrected chi connectivity index (χ4v) is 3.12. The molecule has 0 radical (unpaired) electrons. The van der Waals surface area contributed by atoms with Crippen molar-refractivity contribution in [1.82, 2.24) is 9.55 Å². The molecule has 0 saturated heterocycles. The minimum atomic E-state index is -0.224. The molecule has 1 aromatic heterocycles. The van der Waals surface area contributed by atoms with Crippen LogP contribution in [0.4, 0.5) is 23.0 Å². The third-order valence-corrected chi connectivity index (χ3v) is 4.36. The van der Waals surface area contributed by atoms with Gasteiger partial charge in [0.05, 0.1) is 5.69 Å². The zero-order chi connectivity index (χ0) is 22.8. The smallest absolute Gasteiger partial charge is 0.252 e. The molecule has 0 spiro atoms. The van der Waals surface area contributed by atoms with E-state index in [0.717, 1.165) is 31.6 Å². The number of carbonyl (C=O) groups is 1. The first-order valence-electron chi connectivity index (χ1n) is 10.1. The molecule has 160 valence electrons. The summed E-state index contributed by atoms with van der Waals surface area (Å²) in [6.45, 7) is 11.4. The molecule has 0 saturated carbocycles. The summed E-state index contributed by atoms with van der Waals surface area (Å²) in [5.41, 5.74) is 2.03. The molecule has 1 aromatic carbocycles. The van der Waals surface area contributed by atoms with Crippen LogP contribution in [-0.4, -0.2) is 28.5 Å². The van der Waals surface area contributed by atoms with Crippen molar-refractivity contribution in [3.05, 3.63) is 42.2 Å². The molecular formula is C22H26N8O. The Balaban J connectivity index is 2.49. The average Bonchev–Trinajstić information content (AvgIpc) is 3.09. The molecule has 9 heteroatoms. The number of carbonyl (C=O) groups excluding carboxylic acids is 1. The zero-order valence-corrected chi connectivity index (χ0v) is 18.1. The number of hydrogen-bond acceptors (Lipinski definition) is 7. The van der Waals surface area contributed by atoms with Gasteiger partial charge in [-0.3, -0.25) is 9.36 Å². The maximum absolute atomic E-state index is 11.7. The number of benzene rings is 1. The number of nitrogens with one attached hydrogen (secondary N) is 1. The number of aromatic nitrogens is 2. The second kappa shape index (κ2) is 11.3. The quantitative estimate of drug-likeness (QED) is 0.438. The Morgan fingerprint density at radius 2 is 1.97 bits per heavy atom. The van der Waals surface area contributed by atoms with Gasteiger partial charge >= 0.3 is 0 Å². The van der Waals surface area contributed by atoms with Crippen LogP contribution in [0, 0.1) is 22.7 Å². The van der Waals surface area contributed by atoms with Crippen LogP contribution in [0.3, 0.4) is 0 Å². The molecule has 1 N–H and O–H groups in total. The summed E-state index contributed by atoms with van der Waals surface area (Å²) in [7, 11) is 0. The summed E-state index contributed by atoms with van der Waals surface area (Å²) in [6.07, 6.45) is 3.59. The van der Waals surface area contributed by atoms with Gasteiger partial charge in [0.2, 0.25) is 5.91 Å². The van der Waals surface area contributed by atoms with E-state index in [-0.39, 0.29) is 29.8 Å². The van der Waals surface area contributed by atoms with Gasteiger partial charge in [-0.05, 0) is 31.0 Å². The number of nitriles is 2. The lowest BCUT2D eigenvalue weighted by Crippen LogP contribution is -2.24. The van der Waals surface area contributed by atoms with Crippen molar-refractivity contribution in [2.75, 3.05) is 23.3 Å². The highest BCUT2D eigenvalue weighted by atomic mass is 16.1. The Morgan fingerprint density at radius 1 is 1.26 bits per heavy atom. The molecule has 1 heterocycles. The van der Waals surface area contributed by atoms with Crippen molar-refractivity contribution in [3.8, 4) is 12.1 Å². The van der Waals surface area contributed by atoms with Gasteiger partial charge in [0.15, 0.2) is 11.4 Å². The highest BCUT2D eigenvalue weighted by Crippen LogP contribution is 2.32. The van der Waals surface area contributed by atoms with Gasteiger partial charge in [-0.25, -0.2) is 0 Å². The van der Waals surface area contributed by atoms with Gasteiger partial charge < -0.3 is 10.2 Å². The lowest BCUT2D eigenvalue weighted by Gasteiger charge is -2.24. The van der Waals surface area contributed by atoms with Crippen LogP contribution >= 0.6 is 0 Å². The van der Waals surface area contributed by atoms with E-state index in [1.807, 2.05) is 24.3 Å². The third-order valence-electron chi connectivity index (χ3n) is 4.36. The van der Waals surface area contributed by atoms with Crippen LogP contribution in [0.25, 0.3) is 0 Å². The Labute approximate surface area is 182 Å². The molecular weight excluding hydrogens is 392 g/mol. The predicted molar refractivity (Wildman–Crippen MR) is 120 cm³/mol. The topological polar surface area (TPSA) is 122 Å². The van der Waals surface area contributed by atoms with Crippen molar-refractivity contribution >= 4 is 28.9 Å². The summed E-state index contributed by atoms with van der Waals surface area (Å²) in [6, 6.07) is 9.44. The predicted octanol–water partition coefficient (Wildman–Crippen LogP) is 4.81. The Bertz CT molecular complexity index is 1050. The molecule has 0 unspecified atom stereocenters. The molecule has 9 nitrogen and oxygen atoms in total. The Kier molecular flexibility index (Phi) is 8.47. The molecule has 31 heavy (non-hydrogen) atoms. The minimum Gasteiger partial charge on any atom is -0.371 e. The maximum atomic E-state index is 11.7. The summed E-state index contributed by atoms with van der Waals surface area (Å²) < 4.78 is 1.46. The number of amides is 1. The fraction of sp³-hybridized carbons (Fsp3) is 0.364. The van der Waals surface area contributed by atoms with Crippen molar-refractivity contribution < 1.29 is 4.79 Å². The van der Waals surface area contributed by atoms with Crippen LogP contribution in [-0.2, 0) is 11.3 Å². The first-order chi connectivity index (χ1) is 15.0. The molecule has 2 aromatic rings. The van der Waals surface area contributed by atoms with Gasteiger partial charge in [-0.15, -0.1) is 16.8 Å². The first kappa shape index (κ1) is 23.3. The molecule has 1 amide bonds. The van der Waals surface area contributed by atoms with Gasteiger partial charge in [-0.1, -0.05) is 19.9 Å². The largest absolute Gasteiger partial charge is 0.371 e. The minimum absolute atomic E-state index is 0.0227. The second-order valence-corrected chi connectivity index (χ2v) is 6.80. The van der Waals surface area contributed by atoms with Crippen molar-refractivity contribution in [2.45, 2.75) is 40.2 Å². The van der Waals surface area contributed by atoms with E-state index in [4.69, 9.17) is 0 Å². The molecule has 0 aliphatic heterocycles. The van der Waals surface area contributed by atoms with E-state index in [2.05, 4.69) is 45.9 Å². The molecule has 0 atom stereocenters. The number of imidazole rings is 1. The number of azo groups is 1. The number of rotatable bonds is 10. The molecule has 0 aliphatic rings. The lowest BCUT2D eigenvalue weighted by atomic mass is 10.2. The number of allylic oxidation sites excluding steroid dienone is 1. The molecule has 0 bridgehead atoms. The summed E-state index contributed by atoms with van der Waals surface area (Å²) in [5, 5.41) is 29.8. The fourth-order valence-electron chi connectivity index (χ4n) is 3.12. The van der Waals surface area contributed by atoms with Crippen LogP contribution in [0.2, 0.25) is 0 Å². The van der Waals surface area contributed by atoms with Gasteiger partial charge in [0.1, 0.15) is 17.8 Å². The molecule has 0 fully saturated rings. The summed E-state index contributed by atoms with van der Waals surface area (Å²) in [4.78, 5) is 18.1. The van der Waals surface area contributed by atoms with E-state index < -0.39 is 0 Å². The molecule has 0 aliphatic carbocycles. The van der Waals surface area contributed by atoms with Crippen molar-refractivity contribution in [3.63, 3.8) is 0 Å². The standard InChI is InChI=1S/C22H26N8O/c1-5-10-29(11-6-2)17-8-9-18(19(13-17)25-16(4)31)27-28-22-26-20(14-23)21(15-24)30(22)12-7-3/h7-9,13H,3,5-6,10-12H2,1-2,4H3,(H,25,31)/b28-27+. The van der Waals surface area contributed by atoms with Crippen LogP contribution < -0.4 is 10.2 Å². The zero-order valence-electron chi connectivity index (χ0n) is 18.1. The number of nitrogens with zero attached hydrogens (tertiary/aromatic N) is 7. The Morgan fingerprint density at radius 3 is 2.52 bits per heavy atom. The van der Waals surface area contributed by atoms with E-state index in [0.29, 0.717) is 11.4 Å². The number of hydrogen-bond donors (Lipinski definition) is 1. The van der Waals surface area contributed by atoms with Crippen LogP contribution in [0.5, 0.6) is 0 Å². The highest BCUT2D eigenvalue weighted by Gasteiger charge is 2.16. The SMILES string of the molecule is C=CCn1c(/N=N/c2ccc(N(CCC)CCC)cc2NC(C)=O)nc(C#N)c1C#N. The maximum Gasteiger partial charge on any atom is 0.252 e. The van der Waals surface area contributed by atoms with E-state index in [9.17, 15) is 15.3 Å². The normalized spacial score (nSPS) is 10.5. The summed E-state index contributed by atoms with van der Waals surface area (Å²) >= 11 is 0. The van der Waals surface area contributed by atoms with Crippen LogP contribution in [0.15, 0.2) is 41.1 Å². The summed E-state index contributed by atoms with van der Waals surface area (Å²) in [5.74, 6) is -0.109. The highest BCUT2D eigenvalue weighted by molar-refractivity contribution is 5.93. The van der Waals surface area contributed by atoms with Crippen molar-refractivity contribution in [1.29, 1.82) is 10.5 Å². The average molecular weight is 419 g/mol. The third kappa shape index (κ3) is 5.77. The van der Waals surface area contributed by atoms with Gasteiger partial charge in [0, 0.05) is 32.2 Å². The van der Waals surface area contributed by atoms with Gasteiger partial charge in [0.25, 0.3) is 5.95 Å². The lowest BCUT2D eigenvalue weighted by molar-refractivity contribution is -0.114. The number of anilines is 2. The van der Waals surface area contributed by atoms with E-state index in [1.165, 1.54) is 11.5 Å². The van der Waals surface area contributed by atoms with E-state index in [1.54, 1.807) is 12.1 Å². The van der Waals surface area contributed by atoms with Crippen LogP contribution in [0.1, 0.15) is 45.0 Å². The van der Waals surface area contributed by atoms with Crippen molar-refractivity contribution in [2.24, 2.45) is 10.2 Å². The first-order valence-corrected chi connectivity index (χ1v) is 10.1. The van der Waals surface area contributed by atoms with E-state index >= 15 is 0 Å². The monoisotopic (exact) mass is 418 g/mol. The van der Waals surface area contributed by atoms with Gasteiger partial charge in [-0.2, -0.15) is 15.5 Å². The molecule has 2 rings (SSSR count). The second-order valence-electron chi connectivity index (χ2n) is 6.80.